The molecule has 2 fully saturated rings. The maximum atomic E-state index is 12.6. The number of rotatable bonds is 2. The van der Waals surface area contributed by atoms with Gasteiger partial charge in [0.15, 0.2) is 0 Å². The lowest BCUT2D eigenvalue weighted by Gasteiger charge is -2.39. The highest BCUT2D eigenvalue weighted by atomic mass is 35.5. The van der Waals surface area contributed by atoms with Gasteiger partial charge in [0.1, 0.15) is 12.1 Å². The molecule has 0 aliphatic carbocycles. The van der Waals surface area contributed by atoms with Crippen LogP contribution in [0.25, 0.3) is 0 Å². The third-order valence-electron chi connectivity index (χ3n) is 3.85. The summed E-state index contributed by atoms with van der Waals surface area (Å²) in [6, 6.07) is -1.47. The largest absolute Gasteiger partial charge is 0.403 e. The number of carbonyl (C=O) groups excluding carboxylic acids is 1. The molecule has 10 heteroatoms. The lowest BCUT2D eigenvalue weighted by Crippen LogP contribution is -2.58. The second-order valence-corrected chi connectivity index (χ2v) is 5.14. The molecule has 0 aromatic carbocycles. The van der Waals surface area contributed by atoms with E-state index < -0.39 is 18.3 Å². The average Bonchev–Trinajstić information content (AvgIpc) is 2.46. The van der Waals surface area contributed by atoms with Gasteiger partial charge in [-0.1, -0.05) is 0 Å². The van der Waals surface area contributed by atoms with E-state index in [0.717, 1.165) is 13.5 Å². The van der Waals surface area contributed by atoms with Crippen LogP contribution in [0.1, 0.15) is 6.92 Å². The van der Waals surface area contributed by atoms with Crippen molar-refractivity contribution in [2.75, 3.05) is 45.9 Å². The van der Waals surface area contributed by atoms with Crippen molar-refractivity contribution in [1.29, 1.82) is 0 Å². The SMILES string of the molecule is CC(N1CCN(C(=O)C2CNCCO2)CC1)C(F)(F)F.Cl.Cl. The monoisotopic (exact) mass is 367 g/mol. The summed E-state index contributed by atoms with van der Waals surface area (Å²) in [6.45, 7) is 3.96. The fraction of sp³-hybridized carbons (Fsp3) is 0.917. The minimum absolute atomic E-state index is 0. The molecule has 0 aromatic heterocycles. The van der Waals surface area contributed by atoms with Gasteiger partial charge in [0.25, 0.3) is 5.91 Å². The topological polar surface area (TPSA) is 44.8 Å². The van der Waals surface area contributed by atoms with Crippen LogP contribution >= 0.6 is 24.8 Å². The van der Waals surface area contributed by atoms with Gasteiger partial charge in [-0.05, 0) is 6.92 Å². The maximum absolute atomic E-state index is 12.6. The van der Waals surface area contributed by atoms with Gasteiger partial charge in [-0.3, -0.25) is 9.69 Å². The first-order valence-electron chi connectivity index (χ1n) is 6.81. The number of morpholine rings is 1. The van der Waals surface area contributed by atoms with Gasteiger partial charge in [0.05, 0.1) is 6.61 Å². The molecule has 1 amide bonds. The summed E-state index contributed by atoms with van der Waals surface area (Å²) < 4.78 is 43.3. The Balaban J connectivity index is 0.00000220. The number of nitrogens with one attached hydrogen (secondary N) is 1. The van der Waals surface area contributed by atoms with Crippen LogP contribution in [0.4, 0.5) is 13.2 Å². The predicted molar refractivity (Wildman–Crippen MR) is 80.8 cm³/mol. The van der Waals surface area contributed by atoms with Crippen molar-refractivity contribution >= 4 is 30.7 Å². The summed E-state index contributed by atoms with van der Waals surface area (Å²) in [7, 11) is 0. The molecular formula is C12H22Cl2F3N3O2. The van der Waals surface area contributed by atoms with E-state index in [1.807, 2.05) is 0 Å². The lowest BCUT2D eigenvalue weighted by molar-refractivity contribution is -0.183. The van der Waals surface area contributed by atoms with Crippen LogP contribution in [0.3, 0.4) is 0 Å². The Morgan fingerprint density at radius 2 is 1.82 bits per heavy atom. The van der Waals surface area contributed by atoms with Crippen LogP contribution in [0, 0.1) is 0 Å². The molecule has 5 nitrogen and oxygen atoms in total. The minimum Gasteiger partial charge on any atom is -0.366 e. The Morgan fingerprint density at radius 1 is 1.23 bits per heavy atom. The summed E-state index contributed by atoms with van der Waals surface area (Å²) in [4.78, 5) is 15.1. The van der Waals surface area contributed by atoms with E-state index in [0.29, 0.717) is 26.2 Å². The predicted octanol–water partition coefficient (Wildman–Crippen LogP) is 0.913. The van der Waals surface area contributed by atoms with E-state index in [1.165, 1.54) is 4.90 Å². The van der Waals surface area contributed by atoms with E-state index in [-0.39, 0.29) is 43.8 Å². The second kappa shape index (κ2) is 9.12. The molecule has 2 saturated heterocycles. The zero-order chi connectivity index (χ0) is 14.8. The van der Waals surface area contributed by atoms with Gasteiger partial charge in [-0.2, -0.15) is 13.2 Å². The molecule has 1 N–H and O–H groups in total. The molecule has 0 aromatic rings. The molecule has 22 heavy (non-hydrogen) atoms. The zero-order valence-electron chi connectivity index (χ0n) is 12.3. The summed E-state index contributed by atoms with van der Waals surface area (Å²) in [6.07, 6.45) is -4.72. The van der Waals surface area contributed by atoms with Gasteiger partial charge < -0.3 is 15.0 Å². The van der Waals surface area contributed by atoms with Crippen molar-refractivity contribution in [2.24, 2.45) is 0 Å². The van der Waals surface area contributed by atoms with Gasteiger partial charge in [-0.15, -0.1) is 24.8 Å². The Kier molecular flexibility index (Phi) is 9.01. The Bertz CT molecular complexity index is 347. The van der Waals surface area contributed by atoms with Crippen molar-refractivity contribution in [3.63, 3.8) is 0 Å². The number of carbonyl (C=O) groups is 1. The Hall–Kier alpha value is -0.280. The molecule has 0 spiro atoms. The molecule has 2 heterocycles. The van der Waals surface area contributed by atoms with Crippen LogP contribution in [0.5, 0.6) is 0 Å². The van der Waals surface area contributed by atoms with Gasteiger partial charge in [-0.25, -0.2) is 0 Å². The first-order valence-corrected chi connectivity index (χ1v) is 6.81. The molecule has 2 rings (SSSR count). The second-order valence-electron chi connectivity index (χ2n) is 5.14. The number of halogens is 5. The van der Waals surface area contributed by atoms with Crippen molar-refractivity contribution in [3.8, 4) is 0 Å². The van der Waals surface area contributed by atoms with Crippen molar-refractivity contribution in [1.82, 2.24) is 15.1 Å². The number of hydrogen-bond donors (Lipinski definition) is 1. The van der Waals surface area contributed by atoms with E-state index >= 15 is 0 Å². The number of hydrogen-bond acceptors (Lipinski definition) is 4. The van der Waals surface area contributed by atoms with Crippen LogP contribution in [-0.2, 0) is 9.53 Å². The van der Waals surface area contributed by atoms with E-state index in [9.17, 15) is 18.0 Å². The quantitative estimate of drug-likeness (QED) is 0.787. The zero-order valence-corrected chi connectivity index (χ0v) is 13.9. The fourth-order valence-corrected chi connectivity index (χ4v) is 2.46. The molecule has 2 aliphatic heterocycles. The van der Waals surface area contributed by atoms with E-state index in [1.54, 1.807) is 4.90 Å². The summed E-state index contributed by atoms with van der Waals surface area (Å²) in [5, 5.41) is 3.07. The third-order valence-corrected chi connectivity index (χ3v) is 3.85. The van der Waals surface area contributed by atoms with E-state index in [2.05, 4.69) is 5.32 Å². The van der Waals surface area contributed by atoms with Crippen LogP contribution in [0.15, 0.2) is 0 Å². The third kappa shape index (κ3) is 5.42. The summed E-state index contributed by atoms with van der Waals surface area (Å²) >= 11 is 0. The molecule has 0 saturated carbocycles. The Morgan fingerprint density at radius 3 is 2.27 bits per heavy atom. The Labute approximate surface area is 140 Å². The number of amides is 1. The number of nitrogens with zero attached hydrogens (tertiary/aromatic N) is 2. The number of alkyl halides is 3. The molecule has 132 valence electrons. The molecule has 0 radical (unpaired) electrons. The van der Waals surface area contributed by atoms with Crippen molar-refractivity contribution < 1.29 is 22.7 Å². The molecule has 2 unspecified atom stereocenters. The van der Waals surface area contributed by atoms with Crippen molar-refractivity contribution in [3.05, 3.63) is 0 Å². The number of piperazine rings is 1. The van der Waals surface area contributed by atoms with Gasteiger partial charge in [0.2, 0.25) is 0 Å². The first-order chi connectivity index (χ1) is 9.39. The van der Waals surface area contributed by atoms with Gasteiger partial charge >= 0.3 is 6.18 Å². The van der Waals surface area contributed by atoms with E-state index in [4.69, 9.17) is 4.74 Å². The minimum atomic E-state index is -4.22. The number of ether oxygens (including phenoxy) is 1. The van der Waals surface area contributed by atoms with Crippen LogP contribution in [-0.4, -0.2) is 79.9 Å². The van der Waals surface area contributed by atoms with Crippen molar-refractivity contribution in [2.45, 2.75) is 25.2 Å². The molecule has 2 aliphatic rings. The normalized spacial score (nSPS) is 24.9. The summed E-state index contributed by atoms with van der Waals surface area (Å²) in [5.74, 6) is -0.128. The molecule has 0 bridgehead atoms. The highest BCUT2D eigenvalue weighted by molar-refractivity contribution is 5.85. The highest BCUT2D eigenvalue weighted by Crippen LogP contribution is 2.25. The highest BCUT2D eigenvalue weighted by Gasteiger charge is 2.41. The van der Waals surface area contributed by atoms with Crippen LogP contribution < -0.4 is 5.32 Å². The van der Waals surface area contributed by atoms with Crippen LogP contribution in [0.2, 0.25) is 0 Å². The maximum Gasteiger partial charge on any atom is 0.403 e. The first kappa shape index (κ1) is 21.7. The summed E-state index contributed by atoms with van der Waals surface area (Å²) in [5.41, 5.74) is 0. The standard InChI is InChI=1S/C12H20F3N3O2.2ClH/c1-9(12(13,14)15)17-3-5-18(6-4-17)11(19)10-8-16-2-7-20-10;;/h9-10,16H,2-8H2,1H3;2*1H. The lowest BCUT2D eigenvalue weighted by atomic mass is 10.2. The average molecular weight is 368 g/mol. The fourth-order valence-electron chi connectivity index (χ4n) is 2.46. The smallest absolute Gasteiger partial charge is 0.366 e. The molecular weight excluding hydrogens is 346 g/mol. The van der Waals surface area contributed by atoms with Gasteiger partial charge in [0, 0.05) is 39.3 Å². The molecule has 2 atom stereocenters.